The zero-order valence-electron chi connectivity index (χ0n) is 16.0. The van der Waals surface area contributed by atoms with Gasteiger partial charge in [0.2, 0.25) is 0 Å². The van der Waals surface area contributed by atoms with Crippen molar-refractivity contribution in [3.05, 3.63) is 103 Å². The molecular weight excluding hydrogens is 362 g/mol. The van der Waals surface area contributed by atoms with Gasteiger partial charge in [0.05, 0.1) is 0 Å². The molecule has 0 aliphatic carbocycles. The minimum Gasteiger partial charge on any atom is -0.457 e. The van der Waals surface area contributed by atoms with Crippen molar-refractivity contribution in [2.45, 2.75) is 6.92 Å². The number of para-hydroxylation sites is 1. The summed E-state index contributed by atoms with van der Waals surface area (Å²) in [6.45, 7) is 2.02. The van der Waals surface area contributed by atoms with Crippen molar-refractivity contribution in [2.24, 2.45) is 0 Å². The molecule has 0 amide bonds. The van der Waals surface area contributed by atoms with Gasteiger partial charge < -0.3 is 19.9 Å². The first kappa shape index (κ1) is 18.4. The van der Waals surface area contributed by atoms with E-state index in [0.29, 0.717) is 34.4 Å². The maximum atomic E-state index is 6.00. The molecular formula is C25H21NO3. The zero-order chi connectivity index (χ0) is 20.1. The average Bonchev–Trinajstić information content (AvgIpc) is 2.70. The van der Waals surface area contributed by atoms with Gasteiger partial charge in [0, 0.05) is 23.9 Å². The summed E-state index contributed by atoms with van der Waals surface area (Å²) in [6, 6.07) is 30.2. The first-order valence-electron chi connectivity index (χ1n) is 9.30. The number of ether oxygens (including phenoxy) is 3. The van der Waals surface area contributed by atoms with Crippen LogP contribution in [0.5, 0.6) is 34.5 Å². The summed E-state index contributed by atoms with van der Waals surface area (Å²) in [5.41, 5.74) is 7.53. The van der Waals surface area contributed by atoms with Crippen molar-refractivity contribution in [1.29, 1.82) is 0 Å². The summed E-state index contributed by atoms with van der Waals surface area (Å²) in [4.78, 5) is 0. The number of anilines is 1. The topological polar surface area (TPSA) is 53.7 Å². The summed E-state index contributed by atoms with van der Waals surface area (Å²) in [5.74, 6) is 4.22. The quantitative estimate of drug-likeness (QED) is 0.366. The van der Waals surface area contributed by atoms with Crippen LogP contribution in [-0.2, 0) is 0 Å². The van der Waals surface area contributed by atoms with E-state index in [1.165, 1.54) is 0 Å². The SMILES string of the molecule is Cc1ccccc1Oc1cccc(Oc2cccc(Oc3cccc(N)c3)c2)c1. The van der Waals surface area contributed by atoms with E-state index >= 15 is 0 Å². The van der Waals surface area contributed by atoms with Crippen LogP contribution in [0.1, 0.15) is 5.56 Å². The first-order chi connectivity index (χ1) is 14.2. The van der Waals surface area contributed by atoms with Crippen molar-refractivity contribution >= 4 is 5.69 Å². The van der Waals surface area contributed by atoms with E-state index < -0.39 is 0 Å². The lowest BCUT2D eigenvalue weighted by molar-refractivity contribution is 0.451. The summed E-state index contributed by atoms with van der Waals surface area (Å²) in [7, 11) is 0. The van der Waals surface area contributed by atoms with Gasteiger partial charge in [-0.1, -0.05) is 36.4 Å². The number of nitrogen functional groups attached to an aromatic ring is 1. The average molecular weight is 383 g/mol. The Labute approximate surface area is 170 Å². The van der Waals surface area contributed by atoms with Crippen molar-refractivity contribution in [3.63, 3.8) is 0 Å². The van der Waals surface area contributed by atoms with Crippen LogP contribution in [0, 0.1) is 6.92 Å². The number of nitrogens with two attached hydrogens (primary N) is 1. The van der Waals surface area contributed by atoms with Gasteiger partial charge in [-0.2, -0.15) is 0 Å². The Morgan fingerprint density at radius 1 is 0.517 bits per heavy atom. The molecule has 4 aromatic carbocycles. The highest BCUT2D eigenvalue weighted by Crippen LogP contribution is 2.32. The molecule has 29 heavy (non-hydrogen) atoms. The van der Waals surface area contributed by atoms with Crippen LogP contribution >= 0.6 is 0 Å². The van der Waals surface area contributed by atoms with E-state index in [2.05, 4.69) is 0 Å². The number of hydrogen-bond donors (Lipinski definition) is 1. The molecule has 4 heteroatoms. The highest BCUT2D eigenvalue weighted by molar-refractivity contribution is 5.46. The van der Waals surface area contributed by atoms with E-state index in [-0.39, 0.29) is 0 Å². The summed E-state index contributed by atoms with van der Waals surface area (Å²) < 4.78 is 17.9. The van der Waals surface area contributed by atoms with Crippen LogP contribution < -0.4 is 19.9 Å². The molecule has 4 nitrogen and oxygen atoms in total. The molecule has 144 valence electrons. The Balaban J connectivity index is 1.49. The van der Waals surface area contributed by atoms with E-state index in [9.17, 15) is 0 Å². The Morgan fingerprint density at radius 3 is 1.55 bits per heavy atom. The first-order valence-corrected chi connectivity index (χ1v) is 9.30. The van der Waals surface area contributed by atoms with Gasteiger partial charge in [0.25, 0.3) is 0 Å². The minimum absolute atomic E-state index is 0.653. The number of hydrogen-bond acceptors (Lipinski definition) is 4. The van der Waals surface area contributed by atoms with Gasteiger partial charge >= 0.3 is 0 Å². The third kappa shape index (κ3) is 4.87. The van der Waals surface area contributed by atoms with Gasteiger partial charge in [0.1, 0.15) is 34.5 Å². The van der Waals surface area contributed by atoms with Crippen LogP contribution in [0.3, 0.4) is 0 Å². The van der Waals surface area contributed by atoms with Gasteiger partial charge in [-0.15, -0.1) is 0 Å². The van der Waals surface area contributed by atoms with Crippen LogP contribution in [-0.4, -0.2) is 0 Å². The van der Waals surface area contributed by atoms with Crippen molar-refractivity contribution in [1.82, 2.24) is 0 Å². The molecule has 0 saturated carbocycles. The molecule has 0 atom stereocenters. The Kier molecular flexibility index (Phi) is 5.34. The van der Waals surface area contributed by atoms with Gasteiger partial charge in [-0.05, 0) is 55.0 Å². The molecule has 4 rings (SSSR count). The second kappa shape index (κ2) is 8.40. The molecule has 0 aliphatic rings. The molecule has 0 heterocycles. The predicted octanol–water partition coefficient (Wildman–Crippen LogP) is 6.95. The number of benzene rings is 4. The van der Waals surface area contributed by atoms with Crippen LogP contribution in [0.2, 0.25) is 0 Å². The minimum atomic E-state index is 0.653. The number of aryl methyl sites for hydroxylation is 1. The smallest absolute Gasteiger partial charge is 0.131 e. The van der Waals surface area contributed by atoms with E-state index in [0.717, 1.165) is 11.3 Å². The molecule has 0 bridgehead atoms. The fourth-order valence-corrected chi connectivity index (χ4v) is 2.85. The molecule has 0 aromatic heterocycles. The van der Waals surface area contributed by atoms with Gasteiger partial charge in [-0.25, -0.2) is 0 Å². The second-order valence-corrected chi connectivity index (χ2v) is 6.59. The molecule has 4 aromatic rings. The Hall–Kier alpha value is -3.92. The third-order valence-electron chi connectivity index (χ3n) is 4.26. The van der Waals surface area contributed by atoms with Crippen molar-refractivity contribution in [3.8, 4) is 34.5 Å². The van der Waals surface area contributed by atoms with E-state index in [1.807, 2.05) is 97.9 Å². The zero-order valence-corrected chi connectivity index (χ0v) is 16.0. The van der Waals surface area contributed by atoms with E-state index in [4.69, 9.17) is 19.9 Å². The molecule has 0 saturated heterocycles. The normalized spacial score (nSPS) is 10.4. The Morgan fingerprint density at radius 2 is 1.00 bits per heavy atom. The maximum absolute atomic E-state index is 6.00. The van der Waals surface area contributed by atoms with Crippen LogP contribution in [0.15, 0.2) is 97.1 Å². The van der Waals surface area contributed by atoms with Crippen LogP contribution in [0.4, 0.5) is 5.69 Å². The molecule has 0 unspecified atom stereocenters. The lowest BCUT2D eigenvalue weighted by atomic mass is 10.2. The molecule has 0 aliphatic heterocycles. The monoisotopic (exact) mass is 383 g/mol. The highest BCUT2D eigenvalue weighted by atomic mass is 16.5. The predicted molar refractivity (Wildman–Crippen MR) is 115 cm³/mol. The Bertz CT molecular complexity index is 1120. The lowest BCUT2D eigenvalue weighted by Crippen LogP contribution is -1.90. The van der Waals surface area contributed by atoms with Gasteiger partial charge in [0.15, 0.2) is 0 Å². The van der Waals surface area contributed by atoms with Crippen molar-refractivity contribution in [2.75, 3.05) is 5.73 Å². The summed E-state index contributed by atoms with van der Waals surface area (Å²) in [6.07, 6.45) is 0. The highest BCUT2D eigenvalue weighted by Gasteiger charge is 2.05. The van der Waals surface area contributed by atoms with Crippen LogP contribution in [0.25, 0.3) is 0 Å². The molecule has 0 fully saturated rings. The van der Waals surface area contributed by atoms with Gasteiger partial charge in [-0.3, -0.25) is 0 Å². The second-order valence-electron chi connectivity index (χ2n) is 6.59. The summed E-state index contributed by atoms with van der Waals surface area (Å²) >= 11 is 0. The third-order valence-corrected chi connectivity index (χ3v) is 4.26. The lowest BCUT2D eigenvalue weighted by Gasteiger charge is -2.12. The van der Waals surface area contributed by atoms with Crippen molar-refractivity contribution < 1.29 is 14.2 Å². The summed E-state index contributed by atoms with van der Waals surface area (Å²) in [5, 5.41) is 0. The van der Waals surface area contributed by atoms with E-state index in [1.54, 1.807) is 6.07 Å². The maximum Gasteiger partial charge on any atom is 0.131 e. The fraction of sp³-hybridized carbons (Fsp3) is 0.0400. The molecule has 0 spiro atoms. The molecule has 0 radical (unpaired) electrons. The number of rotatable bonds is 6. The molecule has 2 N–H and O–H groups in total. The largest absolute Gasteiger partial charge is 0.457 e. The standard InChI is InChI=1S/C25H21NO3/c1-18-7-2-3-14-25(18)29-24-13-6-12-23(17-24)28-22-11-5-10-21(16-22)27-20-9-4-8-19(26)15-20/h2-17H,26H2,1H3. The fourth-order valence-electron chi connectivity index (χ4n) is 2.85.